The minimum Gasteiger partial charge on any atom is -0.449 e. The predicted octanol–water partition coefficient (Wildman–Crippen LogP) is 3.57. The highest BCUT2D eigenvalue weighted by molar-refractivity contribution is 5.92. The van der Waals surface area contributed by atoms with Gasteiger partial charge in [-0.15, -0.1) is 0 Å². The van der Waals surface area contributed by atoms with Gasteiger partial charge in [0, 0.05) is 7.11 Å². The van der Waals surface area contributed by atoms with E-state index in [2.05, 4.69) is 17.4 Å². The lowest BCUT2D eigenvalue weighted by molar-refractivity contribution is -0.130. The van der Waals surface area contributed by atoms with E-state index in [0.29, 0.717) is 12.2 Å². The first kappa shape index (κ1) is 19.1. The van der Waals surface area contributed by atoms with Crippen molar-refractivity contribution < 1.29 is 19.1 Å². The molecule has 2 aromatic carbocycles. The van der Waals surface area contributed by atoms with Crippen LogP contribution in [0.1, 0.15) is 52.9 Å². The second kappa shape index (κ2) is 8.82. The SMILES string of the molecule is COCc1ccc(C(=O)O[C@@H](C)C(=O)N[C@@H]2CCCc3ccccc32)cc1. The predicted molar refractivity (Wildman–Crippen MR) is 102 cm³/mol. The summed E-state index contributed by atoms with van der Waals surface area (Å²) < 4.78 is 10.4. The molecule has 27 heavy (non-hydrogen) atoms. The molecular formula is C22H25NO4. The second-order valence-corrected chi connectivity index (χ2v) is 6.83. The molecule has 2 aromatic rings. The van der Waals surface area contributed by atoms with Gasteiger partial charge >= 0.3 is 5.97 Å². The molecule has 5 heteroatoms. The minimum atomic E-state index is -0.856. The van der Waals surface area contributed by atoms with Crippen LogP contribution in [0.25, 0.3) is 0 Å². The molecule has 0 spiro atoms. The van der Waals surface area contributed by atoms with Crippen molar-refractivity contribution in [3.8, 4) is 0 Å². The van der Waals surface area contributed by atoms with E-state index in [4.69, 9.17) is 9.47 Å². The number of aryl methyl sites for hydroxylation is 1. The van der Waals surface area contributed by atoms with Gasteiger partial charge < -0.3 is 14.8 Å². The summed E-state index contributed by atoms with van der Waals surface area (Å²) in [5, 5.41) is 3.02. The van der Waals surface area contributed by atoms with E-state index in [1.165, 1.54) is 5.56 Å². The van der Waals surface area contributed by atoms with Gasteiger partial charge in [0.25, 0.3) is 5.91 Å². The third-order valence-corrected chi connectivity index (χ3v) is 4.84. The molecule has 1 aliphatic carbocycles. The first-order valence-corrected chi connectivity index (χ1v) is 9.25. The Morgan fingerprint density at radius 1 is 1.15 bits per heavy atom. The number of methoxy groups -OCH3 is 1. The monoisotopic (exact) mass is 367 g/mol. The maximum atomic E-state index is 12.5. The van der Waals surface area contributed by atoms with Gasteiger partial charge in [-0.3, -0.25) is 4.79 Å². The van der Waals surface area contributed by atoms with Crippen molar-refractivity contribution in [1.29, 1.82) is 0 Å². The zero-order valence-corrected chi connectivity index (χ0v) is 15.7. The number of amides is 1. The molecular weight excluding hydrogens is 342 g/mol. The fourth-order valence-corrected chi connectivity index (χ4v) is 3.38. The maximum Gasteiger partial charge on any atom is 0.338 e. The molecule has 0 bridgehead atoms. The van der Waals surface area contributed by atoms with Crippen LogP contribution in [0.5, 0.6) is 0 Å². The van der Waals surface area contributed by atoms with Crippen LogP contribution in [0.3, 0.4) is 0 Å². The summed E-state index contributed by atoms with van der Waals surface area (Å²) in [4.78, 5) is 24.8. The van der Waals surface area contributed by atoms with Gasteiger partial charge in [0.05, 0.1) is 18.2 Å². The molecule has 3 rings (SSSR count). The van der Waals surface area contributed by atoms with Crippen molar-refractivity contribution in [2.75, 3.05) is 7.11 Å². The first-order chi connectivity index (χ1) is 13.1. The smallest absolute Gasteiger partial charge is 0.338 e. The Bertz CT molecular complexity index is 800. The molecule has 142 valence electrons. The topological polar surface area (TPSA) is 64.6 Å². The Hall–Kier alpha value is -2.66. The molecule has 1 N–H and O–H groups in total. The number of carbonyl (C=O) groups is 2. The van der Waals surface area contributed by atoms with E-state index < -0.39 is 12.1 Å². The quantitative estimate of drug-likeness (QED) is 0.793. The highest BCUT2D eigenvalue weighted by Gasteiger charge is 2.25. The van der Waals surface area contributed by atoms with Gasteiger partial charge in [-0.1, -0.05) is 36.4 Å². The average molecular weight is 367 g/mol. The minimum absolute atomic E-state index is 0.0306. The first-order valence-electron chi connectivity index (χ1n) is 9.25. The van der Waals surface area contributed by atoms with Crippen molar-refractivity contribution in [1.82, 2.24) is 5.32 Å². The van der Waals surface area contributed by atoms with E-state index in [9.17, 15) is 9.59 Å². The molecule has 2 atom stereocenters. The lowest BCUT2D eigenvalue weighted by atomic mass is 9.87. The third-order valence-electron chi connectivity index (χ3n) is 4.84. The zero-order chi connectivity index (χ0) is 19.2. The third kappa shape index (κ3) is 4.74. The number of fused-ring (bicyclic) bond motifs is 1. The summed E-state index contributed by atoms with van der Waals surface area (Å²) in [5.41, 5.74) is 3.81. The van der Waals surface area contributed by atoms with Crippen molar-refractivity contribution >= 4 is 11.9 Å². The molecule has 1 amide bonds. The van der Waals surface area contributed by atoms with Crippen molar-refractivity contribution in [3.05, 3.63) is 70.8 Å². The summed E-state index contributed by atoms with van der Waals surface area (Å²) in [6.45, 7) is 2.08. The number of benzene rings is 2. The molecule has 0 radical (unpaired) electrons. The maximum absolute atomic E-state index is 12.5. The summed E-state index contributed by atoms with van der Waals surface area (Å²) in [6.07, 6.45) is 2.10. The molecule has 1 aliphatic rings. The van der Waals surface area contributed by atoms with Gasteiger partial charge in [-0.05, 0) is 55.0 Å². The number of nitrogens with one attached hydrogen (secondary N) is 1. The van der Waals surface area contributed by atoms with Crippen LogP contribution >= 0.6 is 0 Å². The fourth-order valence-electron chi connectivity index (χ4n) is 3.38. The molecule has 5 nitrogen and oxygen atoms in total. The number of rotatable bonds is 6. The normalized spacial score (nSPS) is 16.9. The second-order valence-electron chi connectivity index (χ2n) is 6.83. The fraction of sp³-hybridized carbons (Fsp3) is 0.364. The summed E-state index contributed by atoms with van der Waals surface area (Å²) in [7, 11) is 1.62. The molecule has 0 fully saturated rings. The van der Waals surface area contributed by atoms with Gasteiger partial charge in [0.1, 0.15) is 0 Å². The molecule has 0 aliphatic heterocycles. The lowest BCUT2D eigenvalue weighted by Gasteiger charge is -2.27. The van der Waals surface area contributed by atoms with Crippen LogP contribution in [-0.2, 0) is 27.3 Å². The zero-order valence-electron chi connectivity index (χ0n) is 15.7. The Balaban J connectivity index is 1.58. The molecule has 0 aromatic heterocycles. The van der Waals surface area contributed by atoms with Gasteiger partial charge in [0.15, 0.2) is 6.10 Å². The van der Waals surface area contributed by atoms with Crippen molar-refractivity contribution in [2.45, 2.75) is 44.9 Å². The van der Waals surface area contributed by atoms with Crippen LogP contribution < -0.4 is 5.32 Å². The number of hydrogen-bond acceptors (Lipinski definition) is 4. The Labute approximate surface area is 159 Å². The van der Waals surface area contributed by atoms with E-state index in [1.807, 2.05) is 24.3 Å². The molecule has 0 saturated heterocycles. The number of carbonyl (C=O) groups excluding carboxylic acids is 2. The van der Waals surface area contributed by atoms with Gasteiger partial charge in [-0.2, -0.15) is 0 Å². The molecule has 0 saturated carbocycles. The summed E-state index contributed by atoms with van der Waals surface area (Å²) in [5.74, 6) is -0.785. The Kier molecular flexibility index (Phi) is 6.24. The Morgan fingerprint density at radius 3 is 2.63 bits per heavy atom. The van der Waals surface area contributed by atoms with Crippen LogP contribution in [0, 0.1) is 0 Å². The molecule has 0 unspecified atom stereocenters. The highest BCUT2D eigenvalue weighted by atomic mass is 16.5. The van der Waals surface area contributed by atoms with Crippen LogP contribution in [0.2, 0.25) is 0 Å². The van der Waals surface area contributed by atoms with Crippen LogP contribution in [0.15, 0.2) is 48.5 Å². The van der Waals surface area contributed by atoms with E-state index >= 15 is 0 Å². The number of esters is 1. The van der Waals surface area contributed by atoms with Crippen LogP contribution in [-0.4, -0.2) is 25.1 Å². The van der Waals surface area contributed by atoms with Crippen molar-refractivity contribution in [3.63, 3.8) is 0 Å². The van der Waals surface area contributed by atoms with Gasteiger partial charge in [0.2, 0.25) is 0 Å². The number of ether oxygens (including phenoxy) is 2. The van der Waals surface area contributed by atoms with E-state index in [0.717, 1.165) is 30.4 Å². The summed E-state index contributed by atoms with van der Waals surface area (Å²) in [6, 6.07) is 15.1. The standard InChI is InChI=1S/C22H25NO4/c1-15(27-22(25)18-12-10-16(11-13-18)14-26-2)21(24)23-20-9-5-7-17-6-3-4-8-19(17)20/h3-4,6,8,10-13,15,20H,5,7,9,14H2,1-2H3,(H,23,24)/t15-,20+/m0/s1. The van der Waals surface area contributed by atoms with Crippen molar-refractivity contribution in [2.24, 2.45) is 0 Å². The number of hydrogen-bond donors (Lipinski definition) is 1. The molecule has 0 heterocycles. The van der Waals surface area contributed by atoms with Crippen LogP contribution in [0.4, 0.5) is 0 Å². The highest BCUT2D eigenvalue weighted by Crippen LogP contribution is 2.29. The van der Waals surface area contributed by atoms with Gasteiger partial charge in [-0.25, -0.2) is 4.79 Å². The largest absolute Gasteiger partial charge is 0.449 e. The Morgan fingerprint density at radius 2 is 1.89 bits per heavy atom. The summed E-state index contributed by atoms with van der Waals surface area (Å²) >= 11 is 0. The van der Waals surface area contributed by atoms with E-state index in [-0.39, 0.29) is 11.9 Å². The van der Waals surface area contributed by atoms with E-state index in [1.54, 1.807) is 26.2 Å². The average Bonchev–Trinajstić information content (AvgIpc) is 2.69. The lowest BCUT2D eigenvalue weighted by Crippen LogP contribution is -2.39.